The van der Waals surface area contributed by atoms with Crippen LogP contribution in [-0.2, 0) is 4.74 Å². The summed E-state index contributed by atoms with van der Waals surface area (Å²) in [5.41, 5.74) is 3.77. The van der Waals surface area contributed by atoms with Crippen LogP contribution in [0.1, 0.15) is 19.3 Å². The molecule has 1 atom stereocenters. The molecule has 1 saturated heterocycles. The summed E-state index contributed by atoms with van der Waals surface area (Å²) in [5, 5.41) is 9.59. The molecule has 3 aromatic rings. The monoisotopic (exact) mass is 363 g/mol. The van der Waals surface area contributed by atoms with Crippen LogP contribution in [0.3, 0.4) is 0 Å². The van der Waals surface area contributed by atoms with Crippen LogP contribution in [0.4, 0.5) is 0 Å². The second-order valence-electron chi connectivity index (χ2n) is 6.32. The molecule has 2 heterocycles. The van der Waals surface area contributed by atoms with E-state index in [1.54, 1.807) is 11.8 Å². The van der Waals surface area contributed by atoms with Crippen LogP contribution >= 0.6 is 11.8 Å². The highest BCUT2D eigenvalue weighted by Gasteiger charge is 2.17. The molecule has 0 aliphatic carbocycles. The molecule has 0 N–H and O–H groups in total. The second-order valence-corrected chi connectivity index (χ2v) is 7.31. The normalized spacial score (nSPS) is 17.2. The molecule has 0 spiro atoms. The minimum absolute atomic E-state index is 0.298. The molecule has 0 amide bonds. The number of ether oxygens (including phenoxy) is 1. The summed E-state index contributed by atoms with van der Waals surface area (Å²) in [4.78, 5) is 4.84. The van der Waals surface area contributed by atoms with Gasteiger partial charge in [-0.1, -0.05) is 72.4 Å². The Morgan fingerprint density at radius 2 is 1.54 bits per heavy atom. The van der Waals surface area contributed by atoms with Gasteiger partial charge in [0.15, 0.2) is 0 Å². The average molecular weight is 363 g/mol. The molecular formula is C21H21N3OS. The van der Waals surface area contributed by atoms with E-state index in [1.165, 1.54) is 12.8 Å². The molecule has 1 fully saturated rings. The fraction of sp³-hybridized carbons (Fsp3) is 0.286. The SMILES string of the molecule is c1ccc(-c2nnc(SC[C@@H]3CCCCO3)nc2-c2ccccc2)cc1. The molecular weight excluding hydrogens is 342 g/mol. The number of benzene rings is 2. The summed E-state index contributed by atoms with van der Waals surface area (Å²) in [7, 11) is 0. The standard InChI is InChI=1S/C21H21N3OS/c1-3-9-16(10-4-1)19-20(17-11-5-2-6-12-17)23-24-21(22-19)26-15-18-13-7-8-14-25-18/h1-6,9-12,18H,7-8,13-15H2/t18-/m0/s1. The smallest absolute Gasteiger partial charge is 0.209 e. The van der Waals surface area contributed by atoms with E-state index >= 15 is 0 Å². The molecule has 0 unspecified atom stereocenters. The second kappa shape index (κ2) is 8.43. The van der Waals surface area contributed by atoms with Crippen LogP contribution in [0.15, 0.2) is 65.8 Å². The van der Waals surface area contributed by atoms with E-state index in [-0.39, 0.29) is 0 Å². The maximum absolute atomic E-state index is 5.81. The van der Waals surface area contributed by atoms with Crippen molar-refractivity contribution in [1.82, 2.24) is 15.2 Å². The molecule has 0 bridgehead atoms. The first-order valence-electron chi connectivity index (χ1n) is 9.00. The van der Waals surface area contributed by atoms with E-state index in [4.69, 9.17) is 9.72 Å². The maximum atomic E-state index is 5.81. The van der Waals surface area contributed by atoms with Gasteiger partial charge in [0.1, 0.15) is 11.4 Å². The Balaban J connectivity index is 1.63. The van der Waals surface area contributed by atoms with E-state index in [1.807, 2.05) is 48.5 Å². The molecule has 0 radical (unpaired) electrons. The van der Waals surface area contributed by atoms with Gasteiger partial charge < -0.3 is 4.74 Å². The van der Waals surface area contributed by atoms with Crippen molar-refractivity contribution in [3.63, 3.8) is 0 Å². The van der Waals surface area contributed by atoms with Gasteiger partial charge in [0.2, 0.25) is 5.16 Å². The molecule has 4 rings (SSSR count). The first-order valence-corrected chi connectivity index (χ1v) is 9.99. The number of hydrogen-bond acceptors (Lipinski definition) is 5. The Hall–Kier alpha value is -2.24. The molecule has 1 aliphatic heterocycles. The van der Waals surface area contributed by atoms with Crippen molar-refractivity contribution in [3.8, 4) is 22.5 Å². The summed E-state index contributed by atoms with van der Waals surface area (Å²) < 4.78 is 5.81. The van der Waals surface area contributed by atoms with Gasteiger partial charge in [0.05, 0.1) is 6.10 Å². The summed E-state index contributed by atoms with van der Waals surface area (Å²) in [6.45, 7) is 0.868. The van der Waals surface area contributed by atoms with Crippen molar-refractivity contribution in [1.29, 1.82) is 0 Å². The Morgan fingerprint density at radius 3 is 2.19 bits per heavy atom. The van der Waals surface area contributed by atoms with Gasteiger partial charge in [-0.3, -0.25) is 0 Å². The van der Waals surface area contributed by atoms with E-state index in [9.17, 15) is 0 Å². The summed E-state index contributed by atoms with van der Waals surface area (Å²) in [6.07, 6.45) is 3.83. The van der Waals surface area contributed by atoms with Crippen molar-refractivity contribution in [2.75, 3.05) is 12.4 Å². The molecule has 2 aromatic carbocycles. The highest BCUT2D eigenvalue weighted by Crippen LogP contribution is 2.30. The van der Waals surface area contributed by atoms with Crippen LogP contribution in [0.5, 0.6) is 0 Å². The van der Waals surface area contributed by atoms with E-state index in [0.29, 0.717) is 11.3 Å². The molecule has 26 heavy (non-hydrogen) atoms. The topological polar surface area (TPSA) is 47.9 Å². The van der Waals surface area contributed by atoms with Crippen LogP contribution < -0.4 is 0 Å². The first kappa shape index (κ1) is 17.2. The van der Waals surface area contributed by atoms with Crippen molar-refractivity contribution < 1.29 is 4.74 Å². The Kier molecular flexibility index (Phi) is 5.57. The van der Waals surface area contributed by atoms with Crippen LogP contribution in [0.2, 0.25) is 0 Å². The van der Waals surface area contributed by atoms with Gasteiger partial charge in [0, 0.05) is 23.5 Å². The summed E-state index contributed by atoms with van der Waals surface area (Å²) >= 11 is 1.63. The van der Waals surface area contributed by atoms with Gasteiger partial charge in [-0.25, -0.2) is 4.98 Å². The molecule has 0 saturated carbocycles. The minimum atomic E-state index is 0.298. The zero-order valence-electron chi connectivity index (χ0n) is 14.5. The maximum Gasteiger partial charge on any atom is 0.209 e. The van der Waals surface area contributed by atoms with Crippen molar-refractivity contribution in [3.05, 3.63) is 60.7 Å². The Labute approximate surface area is 158 Å². The fourth-order valence-corrected chi connectivity index (χ4v) is 3.92. The van der Waals surface area contributed by atoms with Gasteiger partial charge >= 0.3 is 0 Å². The third kappa shape index (κ3) is 4.11. The number of rotatable bonds is 5. The summed E-state index contributed by atoms with van der Waals surface area (Å²) in [5.74, 6) is 0.876. The molecule has 132 valence electrons. The quantitative estimate of drug-likeness (QED) is 0.606. The van der Waals surface area contributed by atoms with Crippen LogP contribution in [0, 0.1) is 0 Å². The Morgan fingerprint density at radius 1 is 0.846 bits per heavy atom. The molecule has 1 aliphatic rings. The fourth-order valence-electron chi connectivity index (χ4n) is 3.07. The third-order valence-electron chi connectivity index (χ3n) is 4.43. The largest absolute Gasteiger partial charge is 0.377 e. The zero-order chi connectivity index (χ0) is 17.6. The van der Waals surface area contributed by atoms with Gasteiger partial charge in [0.25, 0.3) is 0 Å². The van der Waals surface area contributed by atoms with Gasteiger partial charge in [-0.15, -0.1) is 10.2 Å². The average Bonchev–Trinajstić information content (AvgIpc) is 2.74. The lowest BCUT2D eigenvalue weighted by molar-refractivity contribution is 0.0315. The third-order valence-corrected chi connectivity index (χ3v) is 5.40. The predicted octanol–water partition coefficient (Wildman–Crippen LogP) is 4.87. The van der Waals surface area contributed by atoms with Crippen molar-refractivity contribution in [2.45, 2.75) is 30.5 Å². The lowest BCUT2D eigenvalue weighted by Crippen LogP contribution is -2.21. The number of aromatic nitrogens is 3. The minimum Gasteiger partial charge on any atom is -0.377 e. The lowest BCUT2D eigenvalue weighted by Gasteiger charge is -2.21. The van der Waals surface area contributed by atoms with E-state index < -0.39 is 0 Å². The Bertz CT molecular complexity index is 836. The zero-order valence-corrected chi connectivity index (χ0v) is 15.4. The molecule has 5 heteroatoms. The highest BCUT2D eigenvalue weighted by atomic mass is 32.2. The van der Waals surface area contributed by atoms with Crippen LogP contribution in [-0.4, -0.2) is 33.6 Å². The summed E-state index contributed by atoms with van der Waals surface area (Å²) in [6, 6.07) is 20.3. The predicted molar refractivity (Wildman–Crippen MR) is 105 cm³/mol. The van der Waals surface area contributed by atoms with Gasteiger partial charge in [-0.05, 0) is 19.3 Å². The highest BCUT2D eigenvalue weighted by molar-refractivity contribution is 7.99. The van der Waals surface area contributed by atoms with Crippen molar-refractivity contribution in [2.24, 2.45) is 0 Å². The van der Waals surface area contributed by atoms with Crippen LogP contribution in [0.25, 0.3) is 22.5 Å². The number of nitrogens with zero attached hydrogens (tertiary/aromatic N) is 3. The molecule has 1 aromatic heterocycles. The number of hydrogen-bond donors (Lipinski definition) is 0. The van der Waals surface area contributed by atoms with E-state index in [0.717, 1.165) is 41.3 Å². The van der Waals surface area contributed by atoms with Crippen molar-refractivity contribution >= 4 is 11.8 Å². The number of thioether (sulfide) groups is 1. The lowest BCUT2D eigenvalue weighted by atomic mass is 10.0. The van der Waals surface area contributed by atoms with Gasteiger partial charge in [-0.2, -0.15) is 0 Å². The molecule has 4 nitrogen and oxygen atoms in total. The van der Waals surface area contributed by atoms with E-state index in [2.05, 4.69) is 22.3 Å². The first-order chi connectivity index (χ1) is 12.9.